The molecular weight excluding hydrogens is 332 g/mol. The van der Waals surface area contributed by atoms with Crippen molar-refractivity contribution in [2.24, 2.45) is 12.1 Å². The molecule has 0 atom stereocenters. The zero-order valence-corrected chi connectivity index (χ0v) is 14.9. The van der Waals surface area contributed by atoms with Crippen LogP contribution in [0.2, 0.25) is 0 Å². The van der Waals surface area contributed by atoms with Crippen molar-refractivity contribution in [2.75, 3.05) is 5.43 Å². The average Bonchev–Trinajstić information content (AvgIpc) is 2.97. The van der Waals surface area contributed by atoms with Gasteiger partial charge in [-0.2, -0.15) is 10.1 Å². The Balaban J connectivity index is 2.12. The van der Waals surface area contributed by atoms with E-state index in [0.29, 0.717) is 18.0 Å². The maximum Gasteiger partial charge on any atom is 0.329 e. The van der Waals surface area contributed by atoms with Gasteiger partial charge in [-0.3, -0.25) is 18.9 Å². The van der Waals surface area contributed by atoms with Crippen LogP contribution in [0.15, 0.2) is 57.2 Å². The Bertz CT molecular complexity index is 1120. The summed E-state index contributed by atoms with van der Waals surface area (Å²) in [5.41, 5.74) is 5.06. The molecule has 0 aliphatic rings. The predicted molar refractivity (Wildman–Crippen MR) is 103 cm³/mol. The average molecular weight is 352 g/mol. The van der Waals surface area contributed by atoms with Crippen molar-refractivity contribution in [1.29, 1.82) is 0 Å². The van der Waals surface area contributed by atoms with E-state index in [1.165, 1.54) is 4.57 Å². The van der Waals surface area contributed by atoms with Crippen LogP contribution < -0.4 is 16.7 Å². The molecule has 0 fully saturated rings. The fourth-order valence-electron chi connectivity index (χ4n) is 2.62. The maximum atomic E-state index is 12.3. The van der Waals surface area contributed by atoms with Gasteiger partial charge in [-0.15, -0.1) is 0 Å². The number of hydrogen-bond donors (Lipinski definition) is 2. The van der Waals surface area contributed by atoms with E-state index in [-0.39, 0.29) is 5.65 Å². The van der Waals surface area contributed by atoms with Gasteiger partial charge >= 0.3 is 5.69 Å². The van der Waals surface area contributed by atoms with Crippen molar-refractivity contribution in [3.05, 3.63) is 68.9 Å². The summed E-state index contributed by atoms with van der Waals surface area (Å²) in [4.78, 5) is 30.8. The van der Waals surface area contributed by atoms with Crippen LogP contribution in [-0.2, 0) is 13.6 Å². The van der Waals surface area contributed by atoms with Gasteiger partial charge in [0.25, 0.3) is 5.56 Å². The first-order valence-corrected chi connectivity index (χ1v) is 8.08. The minimum atomic E-state index is -0.516. The first-order valence-electron chi connectivity index (χ1n) is 8.08. The van der Waals surface area contributed by atoms with Gasteiger partial charge in [-0.1, -0.05) is 42.5 Å². The van der Waals surface area contributed by atoms with E-state index in [1.807, 2.05) is 44.2 Å². The number of nitrogens with one attached hydrogen (secondary N) is 2. The second-order valence-corrected chi connectivity index (χ2v) is 6.14. The summed E-state index contributed by atoms with van der Waals surface area (Å²) in [7, 11) is 1.56. The molecule has 0 aliphatic carbocycles. The van der Waals surface area contributed by atoms with Gasteiger partial charge < -0.3 is 0 Å². The number of hydrazone groups is 1. The molecule has 3 aromatic rings. The first-order chi connectivity index (χ1) is 12.4. The number of nitrogens with zero attached hydrogens (tertiary/aromatic N) is 4. The number of H-pyrrole nitrogens is 1. The first kappa shape index (κ1) is 17.4. The number of rotatable bonds is 5. The van der Waals surface area contributed by atoms with Crippen molar-refractivity contribution < 1.29 is 0 Å². The second kappa shape index (κ2) is 6.83. The highest BCUT2D eigenvalue weighted by atomic mass is 16.2. The molecule has 0 amide bonds. The van der Waals surface area contributed by atoms with Crippen molar-refractivity contribution in [2.45, 2.75) is 20.4 Å². The molecule has 26 heavy (non-hydrogen) atoms. The van der Waals surface area contributed by atoms with Crippen molar-refractivity contribution in [1.82, 2.24) is 19.1 Å². The summed E-state index contributed by atoms with van der Waals surface area (Å²) >= 11 is 0. The number of benzene rings is 1. The number of aromatic nitrogens is 4. The fraction of sp³-hybridized carbons (Fsp3) is 0.222. The van der Waals surface area contributed by atoms with Gasteiger partial charge in [0.1, 0.15) is 0 Å². The van der Waals surface area contributed by atoms with Gasteiger partial charge in [0.15, 0.2) is 11.2 Å². The van der Waals surface area contributed by atoms with Gasteiger partial charge in [-0.25, -0.2) is 10.2 Å². The van der Waals surface area contributed by atoms with Crippen LogP contribution >= 0.6 is 0 Å². The molecule has 8 heteroatoms. The molecule has 2 N–H and O–H groups in total. The Morgan fingerprint density at radius 3 is 2.62 bits per heavy atom. The lowest BCUT2D eigenvalue weighted by atomic mass is 10.1. The Morgan fingerprint density at radius 2 is 1.96 bits per heavy atom. The Labute approximate surface area is 149 Å². The summed E-state index contributed by atoms with van der Waals surface area (Å²) in [5, 5.41) is 4.36. The molecule has 0 saturated carbocycles. The molecular formula is C18H20N6O2. The molecule has 134 valence electrons. The smallest absolute Gasteiger partial charge is 0.299 e. The van der Waals surface area contributed by atoms with Gasteiger partial charge in [0.2, 0.25) is 5.95 Å². The summed E-state index contributed by atoms with van der Waals surface area (Å²) in [5.74, 6) is 0.366. The third kappa shape index (κ3) is 3.21. The quantitative estimate of drug-likeness (QED) is 0.416. The zero-order valence-electron chi connectivity index (χ0n) is 14.9. The van der Waals surface area contributed by atoms with E-state index >= 15 is 0 Å². The highest BCUT2D eigenvalue weighted by Gasteiger charge is 2.17. The minimum Gasteiger partial charge on any atom is -0.299 e. The zero-order chi connectivity index (χ0) is 18.8. The predicted octanol–water partition coefficient (Wildman–Crippen LogP) is 1.84. The number of allylic oxidation sites excluding steroid dienone is 1. The fourth-order valence-corrected chi connectivity index (χ4v) is 2.62. The molecule has 1 aromatic carbocycles. The lowest BCUT2D eigenvalue weighted by Gasteiger charge is -2.08. The molecule has 3 rings (SSSR count). The van der Waals surface area contributed by atoms with Crippen LogP contribution in [0, 0.1) is 0 Å². The Kier molecular flexibility index (Phi) is 4.57. The lowest BCUT2D eigenvalue weighted by Crippen LogP contribution is -2.29. The van der Waals surface area contributed by atoms with Gasteiger partial charge in [0, 0.05) is 13.6 Å². The number of hydrogen-bond acceptors (Lipinski definition) is 5. The molecule has 0 aliphatic heterocycles. The largest absolute Gasteiger partial charge is 0.329 e. The summed E-state index contributed by atoms with van der Waals surface area (Å²) < 4.78 is 2.96. The van der Waals surface area contributed by atoms with Crippen LogP contribution in [0.3, 0.4) is 0 Å². The van der Waals surface area contributed by atoms with E-state index in [2.05, 4.69) is 27.1 Å². The SMILES string of the molecule is C=C(C)Cn1c(NN=C(C)c2ccccc2)nc2c1c(=O)[nH]c(=O)n2C. The monoisotopic (exact) mass is 352 g/mol. The topological polar surface area (TPSA) is 97.1 Å². The Morgan fingerprint density at radius 1 is 1.27 bits per heavy atom. The minimum absolute atomic E-state index is 0.287. The number of imidazole rings is 1. The van der Waals surface area contributed by atoms with E-state index in [1.54, 1.807) is 11.6 Å². The highest BCUT2D eigenvalue weighted by molar-refractivity contribution is 5.99. The van der Waals surface area contributed by atoms with Crippen molar-refractivity contribution in [3.8, 4) is 0 Å². The number of anilines is 1. The maximum absolute atomic E-state index is 12.3. The second-order valence-electron chi connectivity index (χ2n) is 6.14. The number of aromatic amines is 1. The van der Waals surface area contributed by atoms with E-state index in [4.69, 9.17) is 0 Å². The Hall–Kier alpha value is -3.42. The molecule has 2 heterocycles. The van der Waals surface area contributed by atoms with Crippen LogP contribution in [-0.4, -0.2) is 24.8 Å². The summed E-state index contributed by atoms with van der Waals surface area (Å²) in [6, 6.07) is 9.70. The third-order valence-corrected chi connectivity index (χ3v) is 3.95. The molecule has 0 unspecified atom stereocenters. The molecule has 0 bridgehead atoms. The molecule has 2 aromatic heterocycles. The standard InChI is InChI=1S/C18H20N6O2/c1-11(2)10-24-14-15(23(4)18(26)20-16(14)25)19-17(24)22-21-12(3)13-8-6-5-7-9-13/h5-9H,1,10H2,2-4H3,(H,19,22)(H,20,25,26). The van der Waals surface area contributed by atoms with Crippen LogP contribution in [0.5, 0.6) is 0 Å². The van der Waals surface area contributed by atoms with E-state index in [0.717, 1.165) is 16.8 Å². The molecule has 0 spiro atoms. The molecule has 8 nitrogen and oxygen atoms in total. The van der Waals surface area contributed by atoms with Crippen molar-refractivity contribution >= 4 is 22.8 Å². The van der Waals surface area contributed by atoms with Crippen LogP contribution in [0.1, 0.15) is 19.4 Å². The number of fused-ring (bicyclic) bond motifs is 1. The van der Waals surface area contributed by atoms with Gasteiger partial charge in [0.05, 0.1) is 5.71 Å². The van der Waals surface area contributed by atoms with Crippen molar-refractivity contribution in [3.63, 3.8) is 0 Å². The normalized spacial score (nSPS) is 11.7. The van der Waals surface area contributed by atoms with Gasteiger partial charge in [-0.05, 0) is 19.4 Å². The van der Waals surface area contributed by atoms with E-state index in [9.17, 15) is 9.59 Å². The molecule has 0 saturated heterocycles. The number of aryl methyl sites for hydroxylation is 1. The van der Waals surface area contributed by atoms with Crippen LogP contribution in [0.25, 0.3) is 11.2 Å². The highest BCUT2D eigenvalue weighted by Crippen LogP contribution is 2.17. The summed E-state index contributed by atoms with van der Waals surface area (Å²) in [6.45, 7) is 8.00. The van der Waals surface area contributed by atoms with E-state index < -0.39 is 11.2 Å². The third-order valence-electron chi connectivity index (χ3n) is 3.95. The van der Waals surface area contributed by atoms with Crippen LogP contribution in [0.4, 0.5) is 5.95 Å². The molecule has 0 radical (unpaired) electrons. The lowest BCUT2D eigenvalue weighted by molar-refractivity contribution is 0.799. The summed E-state index contributed by atoms with van der Waals surface area (Å²) in [6.07, 6.45) is 0.